The Morgan fingerprint density at radius 3 is 2.50 bits per heavy atom. The van der Waals surface area contributed by atoms with Gasteiger partial charge in [-0.15, -0.1) is 10.2 Å². The molecule has 26 heavy (non-hydrogen) atoms. The molecule has 0 saturated carbocycles. The fourth-order valence-corrected chi connectivity index (χ4v) is 4.10. The summed E-state index contributed by atoms with van der Waals surface area (Å²) in [5.74, 6) is 0.177. The fraction of sp³-hybridized carbons (Fsp3) is 0.312. The van der Waals surface area contributed by atoms with Crippen LogP contribution in [0.4, 0.5) is 5.95 Å². The van der Waals surface area contributed by atoms with Crippen LogP contribution in [0.2, 0.25) is 0 Å². The average Bonchev–Trinajstić information content (AvgIpc) is 3.32. The Balaban J connectivity index is 1.80. The van der Waals surface area contributed by atoms with E-state index in [1.807, 2.05) is 35.2 Å². The molecule has 1 aromatic carbocycles. The molecule has 10 heteroatoms. The quantitative estimate of drug-likeness (QED) is 0.652. The fourth-order valence-electron chi connectivity index (χ4n) is 2.81. The summed E-state index contributed by atoms with van der Waals surface area (Å²) in [5, 5.41) is 11.7. The van der Waals surface area contributed by atoms with E-state index in [0.29, 0.717) is 43.6 Å². The number of nitrogens with zero attached hydrogens (tertiary/aromatic N) is 5. The first-order chi connectivity index (χ1) is 12.6. The van der Waals surface area contributed by atoms with E-state index in [0.717, 1.165) is 0 Å². The van der Waals surface area contributed by atoms with Crippen molar-refractivity contribution in [1.82, 2.24) is 19.9 Å². The van der Waals surface area contributed by atoms with Gasteiger partial charge in [0.25, 0.3) is 5.16 Å². The van der Waals surface area contributed by atoms with Crippen molar-refractivity contribution < 1.29 is 17.7 Å². The number of aromatic nitrogens is 4. The van der Waals surface area contributed by atoms with E-state index in [9.17, 15) is 8.42 Å². The molecule has 3 heterocycles. The zero-order valence-electron chi connectivity index (χ0n) is 13.9. The number of morpholine rings is 1. The van der Waals surface area contributed by atoms with Crippen LogP contribution in [0.15, 0.2) is 52.3 Å². The number of anilines is 1. The molecular weight excluding hydrogens is 358 g/mol. The number of para-hydroxylation sites is 1. The molecule has 1 aliphatic heterocycles. The maximum absolute atomic E-state index is 12.9. The van der Waals surface area contributed by atoms with Crippen molar-refractivity contribution in [3.8, 4) is 5.69 Å². The lowest BCUT2D eigenvalue weighted by atomic mass is 10.3. The second-order valence-corrected chi connectivity index (χ2v) is 7.69. The van der Waals surface area contributed by atoms with Crippen molar-refractivity contribution in [1.29, 1.82) is 0 Å². The second-order valence-electron chi connectivity index (χ2n) is 5.80. The van der Waals surface area contributed by atoms with Gasteiger partial charge in [-0.2, -0.15) is 0 Å². The maximum Gasteiger partial charge on any atom is 0.256 e. The first-order valence-electron chi connectivity index (χ1n) is 8.11. The SMILES string of the molecule is O=S(=O)(Cc1ccon1)c1nnc(N2CCOCC2)n1-c1ccccc1. The lowest BCUT2D eigenvalue weighted by molar-refractivity contribution is 0.122. The van der Waals surface area contributed by atoms with Gasteiger partial charge in [-0.1, -0.05) is 23.4 Å². The molecule has 136 valence electrons. The number of ether oxygens (including phenoxy) is 1. The van der Waals surface area contributed by atoms with E-state index in [4.69, 9.17) is 9.26 Å². The van der Waals surface area contributed by atoms with Crippen LogP contribution in [0.25, 0.3) is 5.69 Å². The average molecular weight is 375 g/mol. The van der Waals surface area contributed by atoms with Gasteiger partial charge in [-0.05, 0) is 12.1 Å². The van der Waals surface area contributed by atoms with E-state index in [1.165, 1.54) is 12.3 Å². The van der Waals surface area contributed by atoms with Crippen LogP contribution < -0.4 is 4.90 Å². The first-order valence-corrected chi connectivity index (χ1v) is 9.76. The van der Waals surface area contributed by atoms with Crippen LogP contribution in [-0.4, -0.2) is 54.6 Å². The Labute approximate surface area is 150 Å². The summed E-state index contributed by atoms with van der Waals surface area (Å²) in [6.45, 7) is 2.36. The minimum atomic E-state index is -3.77. The van der Waals surface area contributed by atoms with Crippen molar-refractivity contribution in [3.63, 3.8) is 0 Å². The highest BCUT2D eigenvalue weighted by Gasteiger charge is 2.29. The highest BCUT2D eigenvalue weighted by Crippen LogP contribution is 2.25. The van der Waals surface area contributed by atoms with Crippen LogP contribution in [0, 0.1) is 0 Å². The number of sulfone groups is 1. The largest absolute Gasteiger partial charge is 0.378 e. The van der Waals surface area contributed by atoms with Gasteiger partial charge in [0.15, 0.2) is 0 Å². The Kier molecular flexibility index (Phi) is 4.43. The van der Waals surface area contributed by atoms with Gasteiger partial charge in [0.05, 0.1) is 24.6 Å². The maximum atomic E-state index is 12.9. The minimum Gasteiger partial charge on any atom is -0.378 e. The summed E-state index contributed by atoms with van der Waals surface area (Å²) in [6, 6.07) is 10.7. The summed E-state index contributed by atoms with van der Waals surface area (Å²) in [5.41, 5.74) is 0.998. The number of benzene rings is 1. The van der Waals surface area contributed by atoms with E-state index in [2.05, 4.69) is 15.4 Å². The van der Waals surface area contributed by atoms with Gasteiger partial charge < -0.3 is 14.2 Å². The van der Waals surface area contributed by atoms with Gasteiger partial charge in [0, 0.05) is 19.2 Å². The summed E-state index contributed by atoms with van der Waals surface area (Å²) in [6.07, 6.45) is 1.34. The molecule has 1 aliphatic rings. The molecule has 3 aromatic rings. The molecule has 0 radical (unpaired) electrons. The van der Waals surface area contributed by atoms with Crippen LogP contribution in [0.1, 0.15) is 5.69 Å². The Morgan fingerprint density at radius 1 is 1.04 bits per heavy atom. The lowest BCUT2D eigenvalue weighted by Gasteiger charge is -2.27. The van der Waals surface area contributed by atoms with E-state index in [-0.39, 0.29) is 10.9 Å². The number of rotatable bonds is 5. The molecule has 1 fully saturated rings. The molecule has 0 N–H and O–H groups in total. The van der Waals surface area contributed by atoms with Crippen molar-refractivity contribution in [2.24, 2.45) is 0 Å². The molecule has 0 atom stereocenters. The van der Waals surface area contributed by atoms with Crippen molar-refractivity contribution >= 4 is 15.8 Å². The van der Waals surface area contributed by atoms with Crippen LogP contribution in [0.3, 0.4) is 0 Å². The molecule has 4 rings (SSSR count). The molecule has 1 saturated heterocycles. The van der Waals surface area contributed by atoms with Crippen LogP contribution in [0.5, 0.6) is 0 Å². The zero-order valence-corrected chi connectivity index (χ0v) is 14.7. The predicted molar refractivity (Wildman–Crippen MR) is 91.8 cm³/mol. The second kappa shape index (κ2) is 6.89. The molecule has 2 aromatic heterocycles. The third-order valence-corrected chi connectivity index (χ3v) is 5.53. The lowest BCUT2D eigenvalue weighted by Crippen LogP contribution is -2.38. The predicted octanol–water partition coefficient (Wildman–Crippen LogP) is 1.07. The highest BCUT2D eigenvalue weighted by atomic mass is 32.2. The third-order valence-electron chi connectivity index (χ3n) is 4.03. The van der Waals surface area contributed by atoms with Crippen molar-refractivity contribution in [2.75, 3.05) is 31.2 Å². The van der Waals surface area contributed by atoms with Gasteiger partial charge in [0.1, 0.15) is 12.0 Å². The summed E-state index contributed by atoms with van der Waals surface area (Å²) < 4.78 is 37.6. The highest BCUT2D eigenvalue weighted by molar-refractivity contribution is 7.90. The van der Waals surface area contributed by atoms with Gasteiger partial charge >= 0.3 is 0 Å². The Hall–Kier alpha value is -2.72. The van der Waals surface area contributed by atoms with Gasteiger partial charge in [-0.25, -0.2) is 8.42 Å². The van der Waals surface area contributed by atoms with Gasteiger partial charge in [0.2, 0.25) is 15.8 Å². The topological polar surface area (TPSA) is 103 Å². The van der Waals surface area contributed by atoms with Gasteiger partial charge in [-0.3, -0.25) is 4.57 Å². The summed E-state index contributed by atoms with van der Waals surface area (Å²) in [7, 11) is -3.77. The normalized spacial score (nSPS) is 15.3. The molecule has 0 amide bonds. The molecular formula is C16H17N5O4S. The molecule has 0 spiro atoms. The Bertz CT molecular complexity index is 964. The number of hydrogen-bond donors (Lipinski definition) is 0. The molecule has 0 aliphatic carbocycles. The zero-order chi connectivity index (χ0) is 18.0. The van der Waals surface area contributed by atoms with Crippen molar-refractivity contribution in [3.05, 3.63) is 48.4 Å². The number of hydrogen-bond acceptors (Lipinski definition) is 8. The monoisotopic (exact) mass is 375 g/mol. The minimum absolute atomic E-state index is 0.117. The van der Waals surface area contributed by atoms with Crippen LogP contribution in [-0.2, 0) is 20.3 Å². The van der Waals surface area contributed by atoms with E-state index >= 15 is 0 Å². The smallest absolute Gasteiger partial charge is 0.256 e. The van der Waals surface area contributed by atoms with E-state index < -0.39 is 9.84 Å². The van der Waals surface area contributed by atoms with E-state index in [1.54, 1.807) is 4.57 Å². The standard InChI is InChI=1S/C16H17N5O4S/c22-26(23,12-13-6-9-25-19-13)16-18-17-15(20-7-10-24-11-8-20)21(16)14-4-2-1-3-5-14/h1-6,9H,7-8,10-12H2. The Morgan fingerprint density at radius 2 is 1.81 bits per heavy atom. The molecule has 0 unspecified atom stereocenters. The molecule has 9 nitrogen and oxygen atoms in total. The summed E-state index contributed by atoms with van der Waals surface area (Å²) in [4.78, 5) is 1.97. The van der Waals surface area contributed by atoms with Crippen molar-refractivity contribution in [2.45, 2.75) is 10.9 Å². The first kappa shape index (κ1) is 16.7. The van der Waals surface area contributed by atoms with Crippen LogP contribution >= 0.6 is 0 Å². The third kappa shape index (κ3) is 3.20. The summed E-state index contributed by atoms with van der Waals surface area (Å²) >= 11 is 0. The molecule has 0 bridgehead atoms.